The molecule has 1 aromatic rings. The van der Waals surface area contributed by atoms with E-state index in [-0.39, 0.29) is 6.10 Å². The number of ether oxygens (including phenoxy) is 1. The fraction of sp³-hybridized carbons (Fsp3) is 0.636. The van der Waals surface area contributed by atoms with Crippen molar-refractivity contribution in [1.82, 2.24) is 5.32 Å². The van der Waals surface area contributed by atoms with Gasteiger partial charge in [0.15, 0.2) is 0 Å². The number of hydrogen-bond acceptors (Lipinski definition) is 4. The summed E-state index contributed by atoms with van der Waals surface area (Å²) in [5, 5.41) is 17.3. The highest BCUT2D eigenvalue weighted by molar-refractivity contribution is 7.07. The summed E-state index contributed by atoms with van der Waals surface area (Å²) >= 11 is 1.70. The molecule has 0 spiro atoms. The number of aliphatic hydroxyl groups is 1. The smallest absolute Gasteiger partial charge is 0.0715 e. The molecule has 0 aliphatic carbocycles. The van der Waals surface area contributed by atoms with Crippen LogP contribution in [0.2, 0.25) is 0 Å². The van der Waals surface area contributed by atoms with Crippen LogP contribution in [0.25, 0.3) is 0 Å². The molecule has 0 bridgehead atoms. The van der Waals surface area contributed by atoms with Crippen molar-refractivity contribution in [3.8, 4) is 0 Å². The van der Waals surface area contributed by atoms with Crippen LogP contribution in [-0.4, -0.2) is 31.0 Å². The molecule has 2 rings (SSSR count). The zero-order valence-corrected chi connectivity index (χ0v) is 9.50. The van der Waals surface area contributed by atoms with Gasteiger partial charge in [-0.2, -0.15) is 11.3 Å². The van der Waals surface area contributed by atoms with Gasteiger partial charge in [-0.15, -0.1) is 0 Å². The van der Waals surface area contributed by atoms with Crippen LogP contribution < -0.4 is 5.32 Å². The number of thiophene rings is 1. The van der Waals surface area contributed by atoms with E-state index in [4.69, 9.17) is 4.74 Å². The maximum Gasteiger partial charge on any atom is 0.0715 e. The van der Waals surface area contributed by atoms with Gasteiger partial charge in [-0.05, 0) is 28.8 Å². The van der Waals surface area contributed by atoms with Gasteiger partial charge in [0.2, 0.25) is 0 Å². The minimum Gasteiger partial charge on any atom is -0.391 e. The summed E-state index contributed by atoms with van der Waals surface area (Å²) < 4.78 is 5.24. The lowest BCUT2D eigenvalue weighted by Gasteiger charge is -2.16. The molecule has 2 N–H and O–H groups in total. The van der Waals surface area contributed by atoms with E-state index in [1.165, 1.54) is 5.56 Å². The lowest BCUT2D eigenvalue weighted by atomic mass is 10.0. The number of nitrogens with one attached hydrogen (secondary N) is 1. The summed E-state index contributed by atoms with van der Waals surface area (Å²) in [7, 11) is 0. The fourth-order valence-corrected chi connectivity index (χ4v) is 2.45. The van der Waals surface area contributed by atoms with E-state index >= 15 is 0 Å². The van der Waals surface area contributed by atoms with Gasteiger partial charge >= 0.3 is 0 Å². The summed E-state index contributed by atoms with van der Waals surface area (Å²) in [4.78, 5) is 0. The van der Waals surface area contributed by atoms with Crippen LogP contribution in [0.1, 0.15) is 12.0 Å². The van der Waals surface area contributed by atoms with Gasteiger partial charge in [-0.3, -0.25) is 0 Å². The Balaban J connectivity index is 1.64. The van der Waals surface area contributed by atoms with E-state index in [9.17, 15) is 5.11 Å². The van der Waals surface area contributed by atoms with Crippen LogP contribution in [-0.2, 0) is 11.3 Å². The van der Waals surface area contributed by atoms with Crippen LogP contribution in [0.5, 0.6) is 0 Å². The van der Waals surface area contributed by atoms with E-state index in [0.29, 0.717) is 19.1 Å². The first-order valence-electron chi connectivity index (χ1n) is 5.34. The molecule has 0 amide bonds. The quantitative estimate of drug-likeness (QED) is 0.795. The highest BCUT2D eigenvalue weighted by Crippen LogP contribution is 2.16. The lowest BCUT2D eigenvalue weighted by molar-refractivity contribution is 0.0906. The Hall–Kier alpha value is -0.420. The number of aliphatic hydroxyl groups excluding tert-OH is 1. The molecule has 0 saturated carbocycles. The van der Waals surface area contributed by atoms with Crippen molar-refractivity contribution in [2.24, 2.45) is 5.92 Å². The van der Waals surface area contributed by atoms with Crippen molar-refractivity contribution in [3.63, 3.8) is 0 Å². The Morgan fingerprint density at radius 3 is 3.27 bits per heavy atom. The normalized spacial score (nSPS) is 23.1. The second-order valence-corrected chi connectivity index (χ2v) is 4.73. The highest BCUT2D eigenvalue weighted by Gasteiger charge is 2.23. The van der Waals surface area contributed by atoms with Gasteiger partial charge in [-0.1, -0.05) is 0 Å². The minimum atomic E-state index is -0.272. The standard InChI is InChI=1S/C11H17NO2S/c13-11(10-1-3-14-7-10)6-12-5-9-2-4-15-8-9/h2,4,8,10-13H,1,3,5-7H2. The maximum absolute atomic E-state index is 9.84. The molecule has 3 nitrogen and oxygen atoms in total. The molecule has 84 valence electrons. The average molecular weight is 227 g/mol. The molecule has 4 heteroatoms. The molecule has 1 saturated heterocycles. The van der Waals surface area contributed by atoms with Gasteiger partial charge in [0.1, 0.15) is 0 Å². The minimum absolute atomic E-state index is 0.272. The number of hydrogen-bond donors (Lipinski definition) is 2. The summed E-state index contributed by atoms with van der Waals surface area (Å²) in [6.45, 7) is 3.01. The van der Waals surface area contributed by atoms with Crippen LogP contribution in [0.3, 0.4) is 0 Å². The third-order valence-corrected chi connectivity index (χ3v) is 3.50. The molecule has 1 aromatic heterocycles. The zero-order valence-electron chi connectivity index (χ0n) is 8.69. The number of rotatable bonds is 5. The van der Waals surface area contributed by atoms with E-state index in [0.717, 1.165) is 19.6 Å². The fourth-order valence-electron chi connectivity index (χ4n) is 1.78. The predicted molar refractivity (Wildman–Crippen MR) is 61.0 cm³/mol. The molecule has 1 fully saturated rings. The molecule has 1 aliphatic heterocycles. The largest absolute Gasteiger partial charge is 0.391 e. The summed E-state index contributed by atoms with van der Waals surface area (Å²) in [6.07, 6.45) is 0.715. The molecule has 1 aliphatic rings. The van der Waals surface area contributed by atoms with Gasteiger partial charge in [0, 0.05) is 25.6 Å². The van der Waals surface area contributed by atoms with Crippen LogP contribution in [0.4, 0.5) is 0 Å². The van der Waals surface area contributed by atoms with E-state index in [2.05, 4.69) is 22.1 Å². The maximum atomic E-state index is 9.84. The lowest BCUT2D eigenvalue weighted by Crippen LogP contribution is -2.32. The first kappa shape index (κ1) is 11.1. The molecule has 2 atom stereocenters. The van der Waals surface area contributed by atoms with Crippen molar-refractivity contribution in [2.75, 3.05) is 19.8 Å². The van der Waals surface area contributed by atoms with Crippen LogP contribution in [0, 0.1) is 5.92 Å². The zero-order chi connectivity index (χ0) is 10.5. The van der Waals surface area contributed by atoms with Crippen molar-refractivity contribution in [2.45, 2.75) is 19.1 Å². The summed E-state index contributed by atoms with van der Waals surface area (Å²) in [5.41, 5.74) is 1.29. The third-order valence-electron chi connectivity index (χ3n) is 2.77. The monoisotopic (exact) mass is 227 g/mol. The van der Waals surface area contributed by atoms with Crippen molar-refractivity contribution < 1.29 is 9.84 Å². The molecule has 0 radical (unpaired) electrons. The Morgan fingerprint density at radius 1 is 1.67 bits per heavy atom. The first-order valence-corrected chi connectivity index (χ1v) is 6.28. The Bertz CT molecular complexity index is 270. The molecule has 0 aromatic carbocycles. The SMILES string of the molecule is OC(CNCc1ccsc1)C1CCOC1. The third kappa shape index (κ3) is 3.28. The molecule has 2 heterocycles. The van der Waals surface area contributed by atoms with Gasteiger partial charge in [0.25, 0.3) is 0 Å². The Labute approximate surface area is 94.1 Å². The van der Waals surface area contributed by atoms with Gasteiger partial charge in [0.05, 0.1) is 12.7 Å². The van der Waals surface area contributed by atoms with Crippen LogP contribution in [0.15, 0.2) is 16.8 Å². The van der Waals surface area contributed by atoms with E-state index < -0.39 is 0 Å². The Morgan fingerprint density at radius 2 is 2.60 bits per heavy atom. The summed E-state index contributed by atoms with van der Waals surface area (Å²) in [5.74, 6) is 0.319. The molecule has 15 heavy (non-hydrogen) atoms. The van der Waals surface area contributed by atoms with E-state index in [1.54, 1.807) is 11.3 Å². The predicted octanol–water partition coefficient (Wildman–Crippen LogP) is 1.24. The second kappa shape index (κ2) is 5.61. The average Bonchev–Trinajstić information content (AvgIpc) is 2.90. The first-order chi connectivity index (χ1) is 7.36. The molecule has 2 unspecified atom stereocenters. The molecular weight excluding hydrogens is 210 g/mol. The Kier molecular flexibility index (Phi) is 4.14. The van der Waals surface area contributed by atoms with Gasteiger partial charge < -0.3 is 15.2 Å². The van der Waals surface area contributed by atoms with Crippen molar-refractivity contribution in [1.29, 1.82) is 0 Å². The second-order valence-electron chi connectivity index (χ2n) is 3.95. The van der Waals surface area contributed by atoms with Crippen LogP contribution >= 0.6 is 11.3 Å². The van der Waals surface area contributed by atoms with Gasteiger partial charge in [-0.25, -0.2) is 0 Å². The highest BCUT2D eigenvalue weighted by atomic mass is 32.1. The van der Waals surface area contributed by atoms with Crippen molar-refractivity contribution in [3.05, 3.63) is 22.4 Å². The van der Waals surface area contributed by atoms with E-state index in [1.807, 2.05) is 0 Å². The van der Waals surface area contributed by atoms with Crippen molar-refractivity contribution >= 4 is 11.3 Å². The topological polar surface area (TPSA) is 41.5 Å². The summed E-state index contributed by atoms with van der Waals surface area (Å²) in [6, 6.07) is 2.10. The molecular formula is C11H17NO2S.